The lowest BCUT2D eigenvalue weighted by molar-refractivity contribution is 0.0817. The summed E-state index contributed by atoms with van der Waals surface area (Å²) in [5.74, 6) is 0.740. The van der Waals surface area contributed by atoms with Crippen LogP contribution in [0.15, 0.2) is 16.2 Å². The number of hydrogen-bond donors (Lipinski definition) is 3. The van der Waals surface area contributed by atoms with Crippen molar-refractivity contribution in [1.29, 1.82) is 0 Å². The number of nitrogens with one attached hydrogen (secondary N) is 3. The van der Waals surface area contributed by atoms with Crippen molar-refractivity contribution < 1.29 is 0 Å². The Hall–Kier alpha value is -0.780. The van der Waals surface area contributed by atoms with E-state index in [0.717, 1.165) is 12.4 Å². The van der Waals surface area contributed by atoms with Gasteiger partial charge in [0.2, 0.25) is 0 Å². The number of rotatable bonds is 3. The van der Waals surface area contributed by atoms with Crippen LogP contribution in [0.5, 0.6) is 0 Å². The molecule has 0 atom stereocenters. The summed E-state index contributed by atoms with van der Waals surface area (Å²) < 4.78 is 0. The lowest BCUT2D eigenvalue weighted by atomic mass is 10.4. The molecule has 1 heterocycles. The monoisotopic (exact) mass is 217 g/mol. The third kappa shape index (κ3) is 3.53. The zero-order valence-electron chi connectivity index (χ0n) is 8.63. The zero-order valence-corrected chi connectivity index (χ0v) is 9.39. The molecule has 80 valence electrons. The molecule has 3 N–H and O–H groups in total. The van der Waals surface area contributed by atoms with Crippen LogP contribution in [-0.4, -0.2) is 23.6 Å². The Morgan fingerprint density at radius 1 is 1.57 bits per heavy atom. The largest absolute Gasteiger partial charge is 0.277 e. The third-order valence-corrected chi connectivity index (χ3v) is 1.62. The van der Waals surface area contributed by atoms with Crippen molar-refractivity contribution in [3.8, 4) is 0 Å². The van der Waals surface area contributed by atoms with E-state index in [9.17, 15) is 0 Å². The van der Waals surface area contributed by atoms with Crippen LogP contribution in [0.4, 0.5) is 0 Å². The zero-order chi connectivity index (χ0) is 10.6. The topological polar surface area (TPSA) is 51.7 Å². The Labute approximate surface area is 89.1 Å². The van der Waals surface area contributed by atoms with Gasteiger partial charge in [0.1, 0.15) is 11.0 Å². The minimum atomic E-state index is 0.306. The Morgan fingerprint density at radius 2 is 2.29 bits per heavy atom. The number of amidine groups is 1. The molecule has 0 aliphatic carbocycles. The lowest BCUT2D eigenvalue weighted by Gasteiger charge is -2.30. The maximum absolute atomic E-state index is 5.87. The highest BCUT2D eigenvalue weighted by Gasteiger charge is 2.13. The molecule has 0 aromatic rings. The van der Waals surface area contributed by atoms with Crippen LogP contribution >= 0.6 is 11.6 Å². The minimum absolute atomic E-state index is 0.306. The molecule has 0 saturated carbocycles. The summed E-state index contributed by atoms with van der Waals surface area (Å²) in [5.41, 5.74) is 9.01. The molecule has 14 heavy (non-hydrogen) atoms. The van der Waals surface area contributed by atoms with Gasteiger partial charge in [0.05, 0.1) is 0 Å². The van der Waals surface area contributed by atoms with Gasteiger partial charge in [-0.2, -0.15) is 0 Å². The van der Waals surface area contributed by atoms with Crippen LogP contribution in [0.1, 0.15) is 20.8 Å². The molecule has 0 bridgehead atoms. The number of halogens is 1. The molecule has 0 radical (unpaired) electrons. The van der Waals surface area contributed by atoms with E-state index in [2.05, 4.69) is 21.3 Å². The Kier molecular flexibility index (Phi) is 4.19. The first-order valence-electron chi connectivity index (χ1n) is 4.63. The number of nitrogens with zero attached hydrogens (tertiary/aromatic N) is 2. The molecule has 1 aliphatic heterocycles. The minimum Gasteiger partial charge on any atom is -0.277 e. The van der Waals surface area contributed by atoms with Crippen LogP contribution in [0, 0.1) is 0 Å². The molecule has 0 amide bonds. The second-order valence-corrected chi connectivity index (χ2v) is 3.60. The predicted molar refractivity (Wildman–Crippen MR) is 58.3 cm³/mol. The van der Waals surface area contributed by atoms with Crippen molar-refractivity contribution >= 4 is 17.4 Å². The van der Waals surface area contributed by atoms with E-state index in [0.29, 0.717) is 11.2 Å². The van der Waals surface area contributed by atoms with E-state index in [1.165, 1.54) is 0 Å². The van der Waals surface area contributed by atoms with E-state index >= 15 is 0 Å². The normalized spacial score (nSPS) is 20.6. The molecule has 1 rings (SSSR count). The molecule has 0 spiro atoms. The number of hydrazine groups is 3. The Morgan fingerprint density at radius 3 is 2.86 bits per heavy atom. The van der Waals surface area contributed by atoms with Crippen LogP contribution in [0.2, 0.25) is 0 Å². The fourth-order valence-corrected chi connectivity index (χ4v) is 1.20. The van der Waals surface area contributed by atoms with Crippen molar-refractivity contribution in [1.82, 2.24) is 21.5 Å². The van der Waals surface area contributed by atoms with Crippen LogP contribution in [-0.2, 0) is 0 Å². The second-order valence-electron chi connectivity index (χ2n) is 3.19. The highest BCUT2D eigenvalue weighted by Crippen LogP contribution is 2.01. The summed E-state index contributed by atoms with van der Waals surface area (Å²) in [5, 5.41) is 2.13. The smallest absolute Gasteiger partial charge is 0.141 e. The van der Waals surface area contributed by atoms with Crippen molar-refractivity contribution in [2.75, 3.05) is 6.54 Å². The van der Waals surface area contributed by atoms with Gasteiger partial charge >= 0.3 is 0 Å². The molecule has 5 nitrogen and oxygen atoms in total. The second kappa shape index (κ2) is 5.19. The Balaban J connectivity index is 2.60. The molecule has 1 aliphatic rings. The van der Waals surface area contributed by atoms with E-state index in [-0.39, 0.29) is 0 Å². The first kappa shape index (κ1) is 11.3. The summed E-state index contributed by atoms with van der Waals surface area (Å²) in [7, 11) is 0. The third-order valence-electron chi connectivity index (χ3n) is 1.42. The quantitative estimate of drug-likeness (QED) is 0.610. The average Bonchev–Trinajstić information content (AvgIpc) is 2.01. The fraction of sp³-hybridized carbons (Fsp3) is 0.625. The van der Waals surface area contributed by atoms with Gasteiger partial charge in [0.15, 0.2) is 0 Å². The number of aliphatic imine (C=N–C) groups is 1. The lowest BCUT2D eigenvalue weighted by Crippen LogP contribution is -2.61. The highest BCUT2D eigenvalue weighted by molar-refractivity contribution is 6.31. The van der Waals surface area contributed by atoms with Gasteiger partial charge in [-0.1, -0.05) is 16.8 Å². The summed E-state index contributed by atoms with van der Waals surface area (Å²) >= 11 is 5.87. The van der Waals surface area contributed by atoms with Gasteiger partial charge in [-0.05, 0) is 20.8 Å². The van der Waals surface area contributed by atoms with E-state index in [4.69, 9.17) is 11.6 Å². The molecule has 0 saturated heterocycles. The van der Waals surface area contributed by atoms with E-state index < -0.39 is 0 Å². The van der Waals surface area contributed by atoms with Crippen LogP contribution in [0.25, 0.3) is 0 Å². The van der Waals surface area contributed by atoms with Crippen molar-refractivity contribution in [3.63, 3.8) is 0 Å². The van der Waals surface area contributed by atoms with Gasteiger partial charge in [-0.3, -0.25) is 15.8 Å². The maximum atomic E-state index is 5.87. The summed E-state index contributed by atoms with van der Waals surface area (Å²) in [6, 6.07) is 0.306. The number of hydrogen-bond acceptors (Lipinski definition) is 4. The van der Waals surface area contributed by atoms with Crippen molar-refractivity contribution in [2.24, 2.45) is 4.99 Å². The summed E-state index contributed by atoms with van der Waals surface area (Å²) in [6.45, 7) is 6.76. The summed E-state index contributed by atoms with van der Waals surface area (Å²) in [4.78, 5) is 4.21. The van der Waals surface area contributed by atoms with Gasteiger partial charge in [0, 0.05) is 18.7 Å². The van der Waals surface area contributed by atoms with E-state index in [1.54, 1.807) is 11.3 Å². The SMILES string of the molecule is CCN=C1C=C(Cl)NN(NC(C)C)N1. The molecule has 0 aromatic heterocycles. The van der Waals surface area contributed by atoms with Crippen molar-refractivity contribution in [3.05, 3.63) is 11.2 Å². The van der Waals surface area contributed by atoms with Crippen LogP contribution < -0.4 is 16.3 Å². The van der Waals surface area contributed by atoms with Gasteiger partial charge in [0.25, 0.3) is 0 Å². The molecule has 0 fully saturated rings. The average molecular weight is 218 g/mol. The molecular weight excluding hydrogens is 202 g/mol. The Bertz CT molecular complexity index is 248. The van der Waals surface area contributed by atoms with Crippen molar-refractivity contribution in [2.45, 2.75) is 26.8 Å². The van der Waals surface area contributed by atoms with Gasteiger partial charge in [-0.15, -0.1) is 0 Å². The first-order valence-corrected chi connectivity index (χ1v) is 5.01. The van der Waals surface area contributed by atoms with E-state index in [1.807, 2.05) is 20.8 Å². The molecule has 0 aromatic carbocycles. The highest BCUT2D eigenvalue weighted by atomic mass is 35.5. The van der Waals surface area contributed by atoms with Gasteiger partial charge < -0.3 is 0 Å². The molecular formula is C8H16ClN5. The molecule has 0 unspecified atom stereocenters. The predicted octanol–water partition coefficient (Wildman–Crippen LogP) is 0.723. The standard InChI is InChI=1S/C8H16ClN5/c1-4-10-8-5-7(9)12-14(13-8)11-6(2)3/h5-6,11-12H,4H2,1-3H3,(H,10,13). The van der Waals surface area contributed by atoms with Crippen LogP contribution in [0.3, 0.4) is 0 Å². The maximum Gasteiger partial charge on any atom is 0.141 e. The first-order chi connectivity index (χ1) is 6.61. The fourth-order valence-electron chi connectivity index (χ4n) is 1.01. The van der Waals surface area contributed by atoms with Gasteiger partial charge in [-0.25, -0.2) is 5.43 Å². The molecule has 6 heteroatoms. The summed E-state index contributed by atoms with van der Waals surface area (Å²) in [6.07, 6.45) is 1.74.